The molecule has 0 N–H and O–H groups in total. The molecule has 1 aromatic carbocycles. The van der Waals surface area contributed by atoms with Crippen molar-refractivity contribution in [2.24, 2.45) is 5.92 Å². The monoisotopic (exact) mass is 316 g/mol. The molecule has 0 radical (unpaired) electrons. The number of benzene rings is 1. The van der Waals surface area contributed by atoms with Crippen LogP contribution in [0.4, 0.5) is 0 Å². The highest BCUT2D eigenvalue weighted by atomic mass is 16.5. The molecule has 2 bridgehead atoms. The van der Waals surface area contributed by atoms with E-state index < -0.39 is 0 Å². The molecule has 3 aliphatic heterocycles. The van der Waals surface area contributed by atoms with Gasteiger partial charge in [-0.3, -0.25) is 9.59 Å². The summed E-state index contributed by atoms with van der Waals surface area (Å²) in [7, 11) is 1.63. The number of methoxy groups -OCH3 is 1. The SMILES string of the molecule is COc1ccccc1CC(=O)N1C[C@@H]2CC[C@H]1CN(C(C)=O)C2. The number of hydrogen-bond donors (Lipinski definition) is 0. The van der Waals surface area contributed by atoms with Gasteiger partial charge in [0.05, 0.1) is 13.5 Å². The molecule has 0 spiro atoms. The van der Waals surface area contributed by atoms with Crippen LogP contribution in [-0.2, 0) is 16.0 Å². The number of amides is 2. The van der Waals surface area contributed by atoms with E-state index in [9.17, 15) is 9.59 Å². The lowest BCUT2D eigenvalue weighted by molar-refractivity contribution is -0.135. The third kappa shape index (κ3) is 3.33. The summed E-state index contributed by atoms with van der Waals surface area (Å²) in [5, 5.41) is 0. The first-order valence-electron chi connectivity index (χ1n) is 8.25. The summed E-state index contributed by atoms with van der Waals surface area (Å²) in [5.74, 6) is 1.40. The van der Waals surface area contributed by atoms with Crippen molar-refractivity contribution in [3.05, 3.63) is 29.8 Å². The van der Waals surface area contributed by atoms with Crippen LogP contribution in [0.2, 0.25) is 0 Å². The highest BCUT2D eigenvalue weighted by Gasteiger charge is 2.37. The largest absolute Gasteiger partial charge is 0.496 e. The Labute approximate surface area is 137 Å². The molecular weight excluding hydrogens is 292 g/mol. The number of para-hydroxylation sites is 1. The second kappa shape index (κ2) is 6.60. The Morgan fingerprint density at radius 3 is 2.70 bits per heavy atom. The molecule has 3 fully saturated rings. The van der Waals surface area contributed by atoms with E-state index in [4.69, 9.17) is 4.74 Å². The molecule has 0 aliphatic carbocycles. The Morgan fingerprint density at radius 2 is 1.96 bits per heavy atom. The Hall–Kier alpha value is -2.04. The van der Waals surface area contributed by atoms with Crippen molar-refractivity contribution in [1.29, 1.82) is 0 Å². The number of hydrogen-bond acceptors (Lipinski definition) is 3. The highest BCUT2D eigenvalue weighted by molar-refractivity contribution is 5.80. The van der Waals surface area contributed by atoms with Crippen LogP contribution in [0.3, 0.4) is 0 Å². The van der Waals surface area contributed by atoms with E-state index in [2.05, 4.69) is 0 Å². The second-order valence-electron chi connectivity index (χ2n) is 6.56. The van der Waals surface area contributed by atoms with E-state index in [0.717, 1.165) is 37.2 Å². The Kier molecular flexibility index (Phi) is 4.55. The van der Waals surface area contributed by atoms with Crippen molar-refractivity contribution >= 4 is 11.8 Å². The van der Waals surface area contributed by atoms with Gasteiger partial charge in [0.25, 0.3) is 0 Å². The number of carbonyl (C=O) groups excluding carboxylic acids is 2. The number of rotatable bonds is 3. The molecule has 5 heteroatoms. The predicted molar refractivity (Wildman–Crippen MR) is 87.2 cm³/mol. The third-order valence-electron chi connectivity index (χ3n) is 5.01. The molecule has 23 heavy (non-hydrogen) atoms. The summed E-state index contributed by atoms with van der Waals surface area (Å²) in [6.45, 7) is 3.84. The van der Waals surface area contributed by atoms with Gasteiger partial charge in [0, 0.05) is 38.2 Å². The molecule has 5 nitrogen and oxygen atoms in total. The summed E-state index contributed by atoms with van der Waals surface area (Å²) in [5.41, 5.74) is 0.920. The minimum Gasteiger partial charge on any atom is -0.496 e. The van der Waals surface area contributed by atoms with Crippen LogP contribution in [0.25, 0.3) is 0 Å². The number of nitrogens with zero attached hydrogens (tertiary/aromatic N) is 2. The molecule has 1 aromatic rings. The lowest BCUT2D eigenvalue weighted by Gasteiger charge is -2.36. The molecule has 3 saturated heterocycles. The average molecular weight is 316 g/mol. The zero-order chi connectivity index (χ0) is 16.4. The van der Waals surface area contributed by atoms with Gasteiger partial charge in [-0.15, -0.1) is 0 Å². The van der Waals surface area contributed by atoms with Crippen LogP contribution in [0, 0.1) is 5.92 Å². The lowest BCUT2D eigenvalue weighted by atomic mass is 9.94. The van der Waals surface area contributed by atoms with Crippen molar-refractivity contribution in [3.8, 4) is 5.75 Å². The first-order chi connectivity index (χ1) is 11.1. The summed E-state index contributed by atoms with van der Waals surface area (Å²) in [6.07, 6.45) is 2.45. The van der Waals surface area contributed by atoms with Crippen molar-refractivity contribution in [1.82, 2.24) is 9.80 Å². The van der Waals surface area contributed by atoms with E-state index >= 15 is 0 Å². The van der Waals surface area contributed by atoms with Crippen LogP contribution in [-0.4, -0.2) is 54.4 Å². The fourth-order valence-corrected chi connectivity index (χ4v) is 3.76. The van der Waals surface area contributed by atoms with Gasteiger partial charge in [-0.25, -0.2) is 0 Å². The van der Waals surface area contributed by atoms with Crippen molar-refractivity contribution in [2.75, 3.05) is 26.7 Å². The maximum Gasteiger partial charge on any atom is 0.227 e. The maximum absolute atomic E-state index is 12.8. The van der Waals surface area contributed by atoms with Gasteiger partial charge in [-0.2, -0.15) is 0 Å². The summed E-state index contributed by atoms with van der Waals surface area (Å²) < 4.78 is 5.35. The van der Waals surface area contributed by atoms with E-state index in [1.54, 1.807) is 14.0 Å². The molecule has 0 aromatic heterocycles. The first kappa shape index (κ1) is 15.8. The average Bonchev–Trinajstić information content (AvgIpc) is 2.87. The first-order valence-corrected chi connectivity index (χ1v) is 8.25. The molecule has 124 valence electrons. The van der Waals surface area contributed by atoms with Gasteiger partial charge < -0.3 is 14.5 Å². The molecule has 0 saturated carbocycles. The smallest absolute Gasteiger partial charge is 0.227 e. The number of fused-ring (bicyclic) bond motifs is 4. The van der Waals surface area contributed by atoms with Gasteiger partial charge in [-0.05, 0) is 24.8 Å². The standard InChI is InChI=1S/C18H24N2O3/c1-13(21)19-10-14-7-8-16(12-19)20(11-14)18(22)9-15-5-3-4-6-17(15)23-2/h3-6,14,16H,7-12H2,1-2H3/t14-,16+/m1/s1. The van der Waals surface area contributed by atoms with Crippen LogP contribution in [0.1, 0.15) is 25.3 Å². The van der Waals surface area contributed by atoms with Gasteiger partial charge in [0.2, 0.25) is 11.8 Å². The fourth-order valence-electron chi connectivity index (χ4n) is 3.76. The molecule has 3 heterocycles. The highest BCUT2D eigenvalue weighted by Crippen LogP contribution is 2.29. The lowest BCUT2D eigenvalue weighted by Crippen LogP contribution is -2.48. The molecule has 3 aliphatic rings. The fraction of sp³-hybridized carbons (Fsp3) is 0.556. The minimum atomic E-state index is 0.112. The second-order valence-corrected chi connectivity index (χ2v) is 6.56. The predicted octanol–water partition coefficient (Wildman–Crippen LogP) is 1.71. The molecule has 2 atom stereocenters. The number of ether oxygens (including phenoxy) is 1. The van der Waals surface area contributed by atoms with Crippen LogP contribution >= 0.6 is 0 Å². The van der Waals surface area contributed by atoms with E-state index in [1.165, 1.54) is 0 Å². The third-order valence-corrected chi connectivity index (χ3v) is 5.01. The zero-order valence-corrected chi connectivity index (χ0v) is 13.8. The van der Waals surface area contributed by atoms with E-state index in [-0.39, 0.29) is 17.9 Å². The number of piperidine rings is 1. The minimum absolute atomic E-state index is 0.112. The zero-order valence-electron chi connectivity index (χ0n) is 13.8. The molecule has 4 rings (SSSR count). The van der Waals surface area contributed by atoms with Gasteiger partial charge in [0.15, 0.2) is 0 Å². The van der Waals surface area contributed by atoms with Crippen molar-refractivity contribution in [2.45, 2.75) is 32.2 Å². The summed E-state index contributed by atoms with van der Waals surface area (Å²) in [4.78, 5) is 28.4. The summed E-state index contributed by atoms with van der Waals surface area (Å²) in [6, 6.07) is 7.81. The normalized spacial score (nSPS) is 23.6. The molecule has 2 amide bonds. The quantitative estimate of drug-likeness (QED) is 0.853. The molecular formula is C18H24N2O3. The Morgan fingerprint density at radius 1 is 1.17 bits per heavy atom. The van der Waals surface area contributed by atoms with Crippen LogP contribution < -0.4 is 4.74 Å². The van der Waals surface area contributed by atoms with Gasteiger partial charge in [0.1, 0.15) is 5.75 Å². The van der Waals surface area contributed by atoms with Crippen LogP contribution in [0.5, 0.6) is 5.75 Å². The van der Waals surface area contributed by atoms with Crippen LogP contribution in [0.15, 0.2) is 24.3 Å². The van der Waals surface area contributed by atoms with E-state index in [1.807, 2.05) is 34.1 Å². The van der Waals surface area contributed by atoms with Crippen molar-refractivity contribution in [3.63, 3.8) is 0 Å². The topological polar surface area (TPSA) is 49.9 Å². The van der Waals surface area contributed by atoms with Gasteiger partial charge >= 0.3 is 0 Å². The van der Waals surface area contributed by atoms with Gasteiger partial charge in [-0.1, -0.05) is 18.2 Å². The Balaban J connectivity index is 1.74. The van der Waals surface area contributed by atoms with Crippen molar-refractivity contribution < 1.29 is 14.3 Å². The summed E-state index contributed by atoms with van der Waals surface area (Å²) >= 11 is 0. The maximum atomic E-state index is 12.8. The Bertz CT molecular complexity index is 602. The molecule has 0 unspecified atom stereocenters. The van der Waals surface area contributed by atoms with E-state index in [0.29, 0.717) is 18.9 Å². The number of carbonyl (C=O) groups is 2.